The number of benzene rings is 1. The first-order valence-electron chi connectivity index (χ1n) is 11.3. The number of amides is 1. The van der Waals surface area contributed by atoms with Crippen LogP contribution in [0.5, 0.6) is 0 Å². The second-order valence-electron chi connectivity index (χ2n) is 10.9. The number of rotatable bonds is 4. The van der Waals surface area contributed by atoms with Crippen molar-refractivity contribution >= 4 is 28.5 Å². The highest BCUT2D eigenvalue weighted by molar-refractivity contribution is 7.91. The number of likely N-dealkylation sites (tertiary alicyclic amines) is 1. The summed E-state index contributed by atoms with van der Waals surface area (Å²) < 4.78 is 44.0. The quantitative estimate of drug-likeness (QED) is 0.634. The molecule has 1 amide bonds. The van der Waals surface area contributed by atoms with Crippen LogP contribution in [0.25, 0.3) is 0 Å². The van der Waals surface area contributed by atoms with E-state index in [4.69, 9.17) is 14.0 Å². The van der Waals surface area contributed by atoms with E-state index in [0.717, 1.165) is 12.8 Å². The number of sulfone groups is 1. The van der Waals surface area contributed by atoms with E-state index in [1.54, 1.807) is 23.1 Å². The predicted molar refractivity (Wildman–Crippen MR) is 125 cm³/mol. The Labute approximate surface area is 192 Å². The van der Waals surface area contributed by atoms with Crippen LogP contribution in [0, 0.1) is 5.92 Å². The highest BCUT2D eigenvalue weighted by Gasteiger charge is 2.51. The van der Waals surface area contributed by atoms with Gasteiger partial charge in [0.05, 0.1) is 21.9 Å². The minimum atomic E-state index is -3.54. The van der Waals surface area contributed by atoms with Gasteiger partial charge >= 0.3 is 13.2 Å². The molecule has 0 radical (unpaired) electrons. The van der Waals surface area contributed by atoms with Gasteiger partial charge in [-0.05, 0) is 84.8 Å². The Hall–Kier alpha value is -1.58. The lowest BCUT2D eigenvalue weighted by atomic mass is 9.79. The van der Waals surface area contributed by atoms with Crippen molar-refractivity contribution in [3.05, 3.63) is 24.3 Å². The van der Waals surface area contributed by atoms with Gasteiger partial charge in [0.2, 0.25) is 0 Å². The van der Waals surface area contributed by atoms with Crippen molar-refractivity contribution in [3.63, 3.8) is 0 Å². The van der Waals surface area contributed by atoms with E-state index in [2.05, 4.69) is 0 Å². The SMILES string of the molecule is CC(C)(C)OC(=O)N1CCCC(CS(=O)(=O)c2cccc(B3OC(C)(C)C(C)(C)O3)c2)C1. The molecule has 0 saturated carbocycles. The Bertz CT molecular complexity index is 937. The number of carbonyl (C=O) groups excluding carboxylic acids is 1. The molecule has 1 aromatic rings. The van der Waals surface area contributed by atoms with Gasteiger partial charge in [-0.1, -0.05) is 12.1 Å². The molecule has 178 valence electrons. The molecular formula is C23H36BNO6S. The topological polar surface area (TPSA) is 82.1 Å². The van der Waals surface area contributed by atoms with Crippen LogP contribution in [0.1, 0.15) is 61.3 Å². The van der Waals surface area contributed by atoms with Gasteiger partial charge in [-0.15, -0.1) is 0 Å². The molecule has 1 atom stereocenters. The standard InChI is InChI=1S/C23H36BNO6S/c1-21(2,3)29-20(26)25-13-9-10-17(15-25)16-32(27,28)19-12-8-11-18(14-19)24-30-22(4,5)23(6,7)31-24/h8,11-12,14,17H,9-10,13,15-16H2,1-7H3. The van der Waals surface area contributed by atoms with Crippen molar-refractivity contribution in [2.75, 3.05) is 18.8 Å². The smallest absolute Gasteiger partial charge is 0.444 e. The third kappa shape index (κ3) is 5.67. The normalized spacial score (nSPS) is 23.3. The Morgan fingerprint density at radius 1 is 1.19 bits per heavy atom. The lowest BCUT2D eigenvalue weighted by Gasteiger charge is -2.34. The van der Waals surface area contributed by atoms with Gasteiger partial charge in [0.15, 0.2) is 9.84 Å². The molecule has 2 aliphatic rings. The molecule has 9 heteroatoms. The Morgan fingerprint density at radius 3 is 2.41 bits per heavy atom. The average Bonchev–Trinajstić information content (AvgIpc) is 2.88. The monoisotopic (exact) mass is 465 g/mol. The van der Waals surface area contributed by atoms with Crippen LogP contribution in [-0.4, -0.2) is 62.2 Å². The molecule has 0 bridgehead atoms. The van der Waals surface area contributed by atoms with Gasteiger partial charge < -0.3 is 18.9 Å². The molecule has 0 spiro atoms. The average molecular weight is 465 g/mol. The van der Waals surface area contributed by atoms with Crippen molar-refractivity contribution in [3.8, 4) is 0 Å². The van der Waals surface area contributed by atoms with Crippen molar-refractivity contribution in [2.24, 2.45) is 5.92 Å². The van der Waals surface area contributed by atoms with E-state index in [-0.39, 0.29) is 22.7 Å². The minimum absolute atomic E-state index is 0.0148. The van der Waals surface area contributed by atoms with Crippen LogP contribution in [0.15, 0.2) is 29.2 Å². The van der Waals surface area contributed by atoms with Crippen LogP contribution >= 0.6 is 0 Å². The van der Waals surface area contributed by atoms with E-state index in [1.165, 1.54) is 0 Å². The number of piperidine rings is 1. The van der Waals surface area contributed by atoms with Crippen LogP contribution < -0.4 is 5.46 Å². The summed E-state index contributed by atoms with van der Waals surface area (Å²) in [6, 6.07) is 6.80. The van der Waals surface area contributed by atoms with Crippen LogP contribution in [0.2, 0.25) is 0 Å². The molecule has 2 aliphatic heterocycles. The third-order valence-electron chi connectivity index (χ3n) is 6.37. The van der Waals surface area contributed by atoms with E-state index in [9.17, 15) is 13.2 Å². The molecule has 1 unspecified atom stereocenters. The molecular weight excluding hydrogens is 429 g/mol. The van der Waals surface area contributed by atoms with Gasteiger partial charge in [0.1, 0.15) is 5.60 Å². The first kappa shape index (κ1) is 25.1. The fraction of sp³-hybridized carbons (Fsp3) is 0.696. The minimum Gasteiger partial charge on any atom is -0.444 e. The first-order chi connectivity index (χ1) is 14.6. The van der Waals surface area contributed by atoms with Gasteiger partial charge in [0.25, 0.3) is 0 Å². The lowest BCUT2D eigenvalue weighted by Crippen LogP contribution is -2.44. The van der Waals surface area contributed by atoms with Crippen LogP contribution in [-0.2, 0) is 23.9 Å². The Kier molecular flexibility index (Phi) is 6.77. The van der Waals surface area contributed by atoms with Gasteiger partial charge in [-0.2, -0.15) is 0 Å². The van der Waals surface area contributed by atoms with Crippen molar-refractivity contribution in [2.45, 2.75) is 83.0 Å². The molecule has 3 rings (SSSR count). The lowest BCUT2D eigenvalue weighted by molar-refractivity contribution is 0.00578. The van der Waals surface area contributed by atoms with E-state index < -0.39 is 33.8 Å². The summed E-state index contributed by atoms with van der Waals surface area (Å²) in [5.41, 5.74) is -0.896. The summed E-state index contributed by atoms with van der Waals surface area (Å²) in [5, 5.41) is 0. The second kappa shape index (κ2) is 8.65. The first-order valence-corrected chi connectivity index (χ1v) is 12.9. The van der Waals surface area contributed by atoms with Crippen LogP contribution in [0.3, 0.4) is 0 Å². The molecule has 7 nitrogen and oxygen atoms in total. The van der Waals surface area contributed by atoms with E-state index in [0.29, 0.717) is 18.6 Å². The molecule has 2 fully saturated rings. The second-order valence-corrected chi connectivity index (χ2v) is 12.9. The number of carbonyl (C=O) groups is 1. The highest BCUT2D eigenvalue weighted by Crippen LogP contribution is 2.36. The van der Waals surface area contributed by atoms with Gasteiger partial charge in [0, 0.05) is 13.1 Å². The molecule has 32 heavy (non-hydrogen) atoms. The fourth-order valence-corrected chi connectivity index (χ4v) is 5.62. The summed E-state index contributed by atoms with van der Waals surface area (Å²) in [7, 11) is -4.16. The van der Waals surface area contributed by atoms with Gasteiger partial charge in [-0.25, -0.2) is 13.2 Å². The molecule has 2 saturated heterocycles. The van der Waals surface area contributed by atoms with Crippen molar-refractivity contribution in [1.82, 2.24) is 4.90 Å². The summed E-state index contributed by atoms with van der Waals surface area (Å²) >= 11 is 0. The predicted octanol–water partition coefficient (Wildman–Crippen LogP) is 3.41. The third-order valence-corrected chi connectivity index (χ3v) is 8.25. The maximum Gasteiger partial charge on any atom is 0.494 e. The fourth-order valence-electron chi connectivity index (χ4n) is 3.93. The largest absolute Gasteiger partial charge is 0.494 e. The summed E-state index contributed by atoms with van der Waals surface area (Å²) in [4.78, 5) is 14.3. The molecule has 1 aromatic carbocycles. The van der Waals surface area contributed by atoms with Crippen molar-refractivity contribution < 1.29 is 27.3 Å². The van der Waals surface area contributed by atoms with Crippen LogP contribution in [0.4, 0.5) is 4.79 Å². The number of ether oxygens (including phenoxy) is 1. The zero-order chi connectivity index (χ0) is 23.9. The molecule has 0 aromatic heterocycles. The molecule has 2 heterocycles. The zero-order valence-electron chi connectivity index (χ0n) is 20.3. The summed E-state index contributed by atoms with van der Waals surface area (Å²) in [6.07, 6.45) is 1.13. The maximum atomic E-state index is 13.2. The molecule has 0 aliphatic carbocycles. The zero-order valence-corrected chi connectivity index (χ0v) is 21.1. The number of hydrogen-bond acceptors (Lipinski definition) is 6. The number of nitrogens with zero attached hydrogens (tertiary/aromatic N) is 1. The molecule has 0 N–H and O–H groups in total. The highest BCUT2D eigenvalue weighted by atomic mass is 32.2. The van der Waals surface area contributed by atoms with E-state index >= 15 is 0 Å². The van der Waals surface area contributed by atoms with E-state index in [1.807, 2.05) is 54.5 Å². The van der Waals surface area contributed by atoms with Crippen molar-refractivity contribution in [1.29, 1.82) is 0 Å². The maximum absolute atomic E-state index is 13.2. The van der Waals surface area contributed by atoms with Gasteiger partial charge in [-0.3, -0.25) is 0 Å². The number of hydrogen-bond donors (Lipinski definition) is 0. The summed E-state index contributed by atoms with van der Waals surface area (Å²) in [5.74, 6) is -0.152. The Balaban J connectivity index is 1.71. The summed E-state index contributed by atoms with van der Waals surface area (Å²) in [6.45, 7) is 14.3. The Morgan fingerprint density at radius 2 is 1.81 bits per heavy atom.